The predicted molar refractivity (Wildman–Crippen MR) is 143 cm³/mol. The van der Waals surface area contributed by atoms with Crippen LogP contribution in [0, 0.1) is 17.8 Å². The zero-order chi connectivity index (χ0) is 26.8. The van der Waals surface area contributed by atoms with Crippen molar-refractivity contribution in [3.05, 3.63) is 62.8 Å². The number of rotatable bonds is 10. The highest BCUT2D eigenvalue weighted by Crippen LogP contribution is 2.50. The number of hydrogen-bond donors (Lipinski definition) is 3. The van der Waals surface area contributed by atoms with Crippen molar-refractivity contribution in [3.63, 3.8) is 0 Å². The highest BCUT2D eigenvalue weighted by atomic mass is 32.1. The molecule has 2 aliphatic heterocycles. The van der Waals surface area contributed by atoms with Crippen molar-refractivity contribution in [1.82, 2.24) is 4.90 Å². The molecule has 2 aromatic rings. The summed E-state index contributed by atoms with van der Waals surface area (Å²) < 4.78 is 11.6. The largest absolute Gasteiger partial charge is 0.459 e. The van der Waals surface area contributed by atoms with E-state index in [-0.39, 0.29) is 43.8 Å². The minimum Gasteiger partial charge on any atom is -0.459 e. The third kappa shape index (κ3) is 5.33. The van der Waals surface area contributed by atoms with Crippen LogP contribution < -0.4 is 0 Å². The second kappa shape index (κ2) is 11.7. The van der Waals surface area contributed by atoms with E-state index >= 15 is 0 Å². The molecule has 8 nitrogen and oxygen atoms in total. The number of thiophene rings is 1. The summed E-state index contributed by atoms with van der Waals surface area (Å²) >= 11 is 1.51. The Labute approximate surface area is 226 Å². The summed E-state index contributed by atoms with van der Waals surface area (Å²) in [6.45, 7) is 2.01. The molecule has 3 aliphatic rings. The van der Waals surface area contributed by atoms with E-state index in [2.05, 4.69) is 6.92 Å². The number of hydrogen-bond acceptors (Lipinski definition) is 8. The van der Waals surface area contributed by atoms with Crippen LogP contribution in [0.2, 0.25) is 6.32 Å². The van der Waals surface area contributed by atoms with E-state index in [1.54, 1.807) is 6.07 Å². The van der Waals surface area contributed by atoms with Crippen molar-refractivity contribution in [3.8, 4) is 0 Å². The van der Waals surface area contributed by atoms with Crippen molar-refractivity contribution >= 4 is 36.3 Å². The van der Waals surface area contributed by atoms with Gasteiger partial charge in [-0.25, -0.2) is 0 Å². The van der Waals surface area contributed by atoms with E-state index < -0.39 is 25.1 Å². The molecule has 0 bridgehead atoms. The van der Waals surface area contributed by atoms with Crippen LogP contribution >= 0.6 is 11.3 Å². The van der Waals surface area contributed by atoms with Crippen molar-refractivity contribution in [2.24, 2.45) is 17.8 Å². The van der Waals surface area contributed by atoms with Crippen molar-refractivity contribution in [1.29, 1.82) is 0 Å². The molecule has 1 aliphatic carbocycles. The number of furan rings is 1. The van der Waals surface area contributed by atoms with Gasteiger partial charge in [-0.3, -0.25) is 14.5 Å². The molecular weight excluding hydrogens is 505 g/mol. The van der Waals surface area contributed by atoms with Crippen molar-refractivity contribution in [2.75, 3.05) is 6.61 Å². The summed E-state index contributed by atoms with van der Waals surface area (Å²) in [4.78, 5) is 29.2. The average molecular weight is 539 g/mol. The summed E-state index contributed by atoms with van der Waals surface area (Å²) in [6.07, 6.45) is 5.16. The van der Waals surface area contributed by atoms with Gasteiger partial charge in [0.05, 0.1) is 31.1 Å². The Balaban J connectivity index is 1.38. The molecule has 4 atom stereocenters. The minimum atomic E-state index is -1.04. The number of allylic oxidation sites excluding steroid dienone is 1. The number of amides is 2. The second-order valence-electron chi connectivity index (χ2n) is 10.4. The number of carbonyl (C=O) groups is 2. The van der Waals surface area contributed by atoms with Gasteiger partial charge in [0.1, 0.15) is 18.1 Å². The first kappa shape index (κ1) is 27.1. The minimum absolute atomic E-state index is 0.154. The van der Waals surface area contributed by atoms with Gasteiger partial charge in [0.25, 0.3) is 0 Å². The molecule has 202 valence electrons. The summed E-state index contributed by atoms with van der Waals surface area (Å²) in [6, 6.07) is 7.40. The van der Waals surface area contributed by atoms with Crippen molar-refractivity contribution in [2.45, 2.75) is 64.6 Å². The van der Waals surface area contributed by atoms with Crippen LogP contribution in [0.25, 0.3) is 6.08 Å². The monoisotopic (exact) mass is 539 g/mol. The fourth-order valence-electron chi connectivity index (χ4n) is 6.35. The summed E-state index contributed by atoms with van der Waals surface area (Å²) in [7, 11) is -1.04. The number of imide groups is 1. The normalized spacial score (nSPS) is 25.8. The number of aliphatic hydroxyl groups excluding tert-OH is 2. The van der Waals surface area contributed by atoms with Gasteiger partial charge in [-0.15, -0.1) is 11.3 Å². The number of aliphatic hydroxyl groups is 2. The molecule has 4 heterocycles. The van der Waals surface area contributed by atoms with Crippen LogP contribution in [-0.2, 0) is 27.4 Å². The van der Waals surface area contributed by atoms with E-state index in [9.17, 15) is 24.8 Å². The molecule has 2 fully saturated rings. The number of carbonyl (C=O) groups excluding carboxylic acids is 2. The quantitative estimate of drug-likeness (QED) is 0.239. The van der Waals surface area contributed by atoms with Crippen LogP contribution in [0.5, 0.6) is 0 Å². The molecule has 2 saturated heterocycles. The molecule has 5 rings (SSSR count). The Morgan fingerprint density at radius 1 is 1.16 bits per heavy atom. The van der Waals surface area contributed by atoms with Crippen LogP contribution in [0.4, 0.5) is 0 Å². The maximum absolute atomic E-state index is 13.6. The first-order chi connectivity index (χ1) is 18.4. The summed E-state index contributed by atoms with van der Waals surface area (Å²) in [5.41, 5.74) is 2.79. The first-order valence-electron chi connectivity index (χ1n) is 13.4. The maximum Gasteiger partial charge on any atom is 0.455 e. The van der Waals surface area contributed by atoms with Gasteiger partial charge in [-0.2, -0.15) is 0 Å². The molecule has 38 heavy (non-hydrogen) atoms. The fraction of sp³-hybridized carbons (Fsp3) is 0.500. The number of nitrogens with zero attached hydrogens (tertiary/aromatic N) is 1. The lowest BCUT2D eigenvalue weighted by molar-refractivity contribution is -0.140. The fourth-order valence-corrected chi connectivity index (χ4v) is 7.05. The van der Waals surface area contributed by atoms with Gasteiger partial charge in [-0.05, 0) is 78.7 Å². The van der Waals surface area contributed by atoms with E-state index in [1.807, 2.05) is 29.7 Å². The SMILES string of the molecule is CCC/C(=C\c1ccc(CO)o1)CC[C@H]1OB(O)C[C@H]2C1=C(CO)C[C@H]1C(=O)N(Cc3cccs3)C(=O)[C@H]12. The average Bonchev–Trinajstić information content (AvgIpc) is 3.64. The Morgan fingerprint density at radius 2 is 2.00 bits per heavy atom. The lowest BCUT2D eigenvalue weighted by Gasteiger charge is -2.43. The Morgan fingerprint density at radius 3 is 2.68 bits per heavy atom. The van der Waals surface area contributed by atoms with Gasteiger partial charge in [-0.1, -0.05) is 25.0 Å². The van der Waals surface area contributed by atoms with Gasteiger partial charge >= 0.3 is 7.12 Å². The molecule has 2 aromatic heterocycles. The highest BCUT2D eigenvalue weighted by Gasteiger charge is 2.57. The second-order valence-corrected chi connectivity index (χ2v) is 11.4. The standard InChI is InChI=1S/C28H34BNO7S/c1-2-4-17(11-19-7-8-20(16-32)36-19)6-9-24-25-18(15-31)12-22-26(23(25)13-29(35)37-24)28(34)30(27(22)33)14-21-5-3-10-38-21/h3,5,7-8,10-11,22-24,26,31-32,35H,2,4,6,9,12-16H2,1H3/b17-11+/t22-,23+,24-,26-/m1/s1. The van der Waals surface area contributed by atoms with Crippen molar-refractivity contribution < 1.29 is 33.9 Å². The molecule has 0 aromatic carbocycles. The number of likely N-dealkylation sites (tertiary alicyclic amines) is 1. The van der Waals surface area contributed by atoms with Crippen LogP contribution in [0.1, 0.15) is 55.4 Å². The van der Waals surface area contributed by atoms with Crippen LogP contribution in [-0.4, -0.2) is 51.8 Å². The molecule has 0 saturated carbocycles. The topological polar surface area (TPSA) is 120 Å². The number of fused-ring (bicyclic) bond motifs is 3. The van der Waals surface area contributed by atoms with E-state index in [0.717, 1.165) is 34.4 Å². The third-order valence-electron chi connectivity index (χ3n) is 7.97. The molecular formula is C28H34BNO7S. The van der Waals surface area contributed by atoms with Gasteiger partial charge in [0, 0.05) is 4.88 Å². The van der Waals surface area contributed by atoms with Crippen LogP contribution in [0.15, 0.2) is 50.8 Å². The molecule has 10 heteroatoms. The smallest absolute Gasteiger partial charge is 0.455 e. The molecule has 0 radical (unpaired) electrons. The summed E-state index contributed by atoms with van der Waals surface area (Å²) in [5.74, 6) is -0.595. The molecule has 2 amide bonds. The predicted octanol–water partition coefficient (Wildman–Crippen LogP) is 3.79. The van der Waals surface area contributed by atoms with E-state index in [0.29, 0.717) is 30.8 Å². The zero-order valence-electron chi connectivity index (χ0n) is 21.5. The highest BCUT2D eigenvalue weighted by molar-refractivity contribution is 7.09. The first-order valence-corrected chi connectivity index (χ1v) is 14.2. The lowest BCUT2D eigenvalue weighted by atomic mass is 9.58. The Kier molecular flexibility index (Phi) is 8.35. The lowest BCUT2D eigenvalue weighted by Crippen LogP contribution is -2.46. The maximum atomic E-state index is 13.6. The summed E-state index contributed by atoms with van der Waals surface area (Å²) in [5, 5.41) is 32.2. The molecule has 0 unspecified atom stereocenters. The Bertz CT molecular complexity index is 1220. The molecule has 3 N–H and O–H groups in total. The van der Waals surface area contributed by atoms with Crippen LogP contribution in [0.3, 0.4) is 0 Å². The van der Waals surface area contributed by atoms with E-state index in [4.69, 9.17) is 9.07 Å². The molecule has 0 spiro atoms. The third-order valence-corrected chi connectivity index (χ3v) is 8.83. The Hall–Kier alpha value is -2.50. The van der Waals surface area contributed by atoms with Gasteiger partial charge < -0.3 is 24.3 Å². The van der Waals surface area contributed by atoms with Gasteiger partial charge in [0.2, 0.25) is 11.8 Å². The van der Waals surface area contributed by atoms with Gasteiger partial charge in [0.15, 0.2) is 0 Å². The van der Waals surface area contributed by atoms with E-state index in [1.165, 1.54) is 16.2 Å². The zero-order valence-corrected chi connectivity index (χ0v) is 22.4.